The summed E-state index contributed by atoms with van der Waals surface area (Å²) in [6.07, 6.45) is 0. The summed E-state index contributed by atoms with van der Waals surface area (Å²) < 4.78 is 0.266. The zero-order valence-corrected chi connectivity index (χ0v) is 10.8. The third kappa shape index (κ3) is 2.46. The maximum atomic E-state index is 11.0. The van der Waals surface area contributed by atoms with E-state index in [9.17, 15) is 4.79 Å². The molecule has 1 heterocycles. The number of hydrogen-bond acceptors (Lipinski definition) is 3. The SMILES string of the molecule is Cc1ccc(C)c(-c2nc(=S)cc(C(=O)O)[nH]2)c1. The van der Waals surface area contributed by atoms with Crippen LogP contribution in [0.15, 0.2) is 24.3 Å². The number of aromatic carboxylic acids is 1. The van der Waals surface area contributed by atoms with Gasteiger partial charge in [0.05, 0.1) is 0 Å². The first kappa shape index (κ1) is 12.4. The standard InChI is InChI=1S/C13H12N2O2S/c1-7-3-4-8(2)9(5-7)12-14-10(13(16)17)6-11(18)15-12/h3-6H,1-2H3,(H,16,17)(H,14,15,18). The minimum absolute atomic E-state index is 0.0471. The predicted octanol–water partition coefficient (Wildman–Crippen LogP) is 3.12. The molecular weight excluding hydrogens is 248 g/mol. The minimum atomic E-state index is -1.05. The van der Waals surface area contributed by atoms with Crippen LogP contribution in [0.25, 0.3) is 11.4 Å². The Morgan fingerprint density at radius 2 is 2.06 bits per heavy atom. The highest BCUT2D eigenvalue weighted by Gasteiger charge is 2.09. The van der Waals surface area contributed by atoms with Crippen molar-refractivity contribution in [1.82, 2.24) is 9.97 Å². The molecular formula is C13H12N2O2S. The highest BCUT2D eigenvalue weighted by Crippen LogP contribution is 2.21. The number of rotatable bonds is 2. The van der Waals surface area contributed by atoms with E-state index in [0.29, 0.717) is 5.82 Å². The van der Waals surface area contributed by atoms with Crippen molar-refractivity contribution in [3.63, 3.8) is 0 Å². The zero-order chi connectivity index (χ0) is 13.3. The average Bonchev–Trinajstić information content (AvgIpc) is 2.31. The van der Waals surface area contributed by atoms with E-state index in [1.165, 1.54) is 6.07 Å². The van der Waals surface area contributed by atoms with E-state index in [0.717, 1.165) is 16.7 Å². The highest BCUT2D eigenvalue weighted by molar-refractivity contribution is 7.71. The number of aryl methyl sites for hydroxylation is 2. The molecule has 0 atom stereocenters. The van der Waals surface area contributed by atoms with Gasteiger partial charge in [0.15, 0.2) is 0 Å². The summed E-state index contributed by atoms with van der Waals surface area (Å²) in [5.74, 6) is -0.559. The number of H-pyrrole nitrogens is 1. The summed E-state index contributed by atoms with van der Waals surface area (Å²) in [6, 6.07) is 7.26. The Morgan fingerprint density at radius 3 is 2.72 bits per heavy atom. The smallest absolute Gasteiger partial charge is 0.352 e. The predicted molar refractivity (Wildman–Crippen MR) is 71.3 cm³/mol. The molecule has 0 unspecified atom stereocenters. The van der Waals surface area contributed by atoms with Crippen molar-refractivity contribution in [2.24, 2.45) is 0 Å². The number of carboxylic acids is 1. The first-order valence-electron chi connectivity index (χ1n) is 5.39. The van der Waals surface area contributed by atoms with E-state index in [4.69, 9.17) is 17.3 Å². The lowest BCUT2D eigenvalue weighted by Gasteiger charge is -2.07. The normalized spacial score (nSPS) is 10.3. The summed E-state index contributed by atoms with van der Waals surface area (Å²) in [4.78, 5) is 18.0. The van der Waals surface area contributed by atoms with Crippen LogP contribution in [0.3, 0.4) is 0 Å². The molecule has 2 N–H and O–H groups in total. The van der Waals surface area contributed by atoms with Crippen molar-refractivity contribution >= 4 is 18.2 Å². The first-order valence-corrected chi connectivity index (χ1v) is 5.80. The number of aromatic amines is 1. The van der Waals surface area contributed by atoms with Crippen molar-refractivity contribution in [2.75, 3.05) is 0 Å². The van der Waals surface area contributed by atoms with Gasteiger partial charge in [-0.15, -0.1) is 0 Å². The summed E-state index contributed by atoms with van der Waals surface area (Å²) >= 11 is 4.99. The van der Waals surface area contributed by atoms with Gasteiger partial charge in [-0.25, -0.2) is 9.78 Å². The summed E-state index contributed by atoms with van der Waals surface area (Å²) in [7, 11) is 0. The molecule has 2 aromatic rings. The summed E-state index contributed by atoms with van der Waals surface area (Å²) in [6.45, 7) is 3.92. The van der Waals surface area contributed by atoms with Crippen LogP contribution in [0.1, 0.15) is 21.6 Å². The van der Waals surface area contributed by atoms with Gasteiger partial charge in [-0.2, -0.15) is 0 Å². The second kappa shape index (κ2) is 4.70. The number of aromatic nitrogens is 2. The Bertz CT molecular complexity index is 677. The quantitative estimate of drug-likeness (QED) is 0.814. The fraction of sp³-hybridized carbons (Fsp3) is 0.154. The van der Waals surface area contributed by atoms with Gasteiger partial charge in [0, 0.05) is 11.6 Å². The minimum Gasteiger partial charge on any atom is -0.477 e. The molecule has 5 heteroatoms. The maximum Gasteiger partial charge on any atom is 0.352 e. The molecule has 0 amide bonds. The number of nitrogens with zero attached hydrogens (tertiary/aromatic N) is 1. The Balaban J connectivity index is 2.67. The van der Waals surface area contributed by atoms with Crippen LogP contribution in [0.4, 0.5) is 0 Å². The van der Waals surface area contributed by atoms with Crippen LogP contribution < -0.4 is 0 Å². The molecule has 0 saturated heterocycles. The number of benzene rings is 1. The molecule has 0 spiro atoms. The lowest BCUT2D eigenvalue weighted by Crippen LogP contribution is -2.03. The van der Waals surface area contributed by atoms with Crippen molar-refractivity contribution in [1.29, 1.82) is 0 Å². The molecule has 0 aliphatic carbocycles. The molecule has 2 rings (SSSR count). The van der Waals surface area contributed by atoms with Gasteiger partial charge in [-0.3, -0.25) is 0 Å². The van der Waals surface area contributed by atoms with Gasteiger partial charge in [-0.05, 0) is 25.5 Å². The van der Waals surface area contributed by atoms with Gasteiger partial charge in [0.1, 0.15) is 16.2 Å². The van der Waals surface area contributed by atoms with Crippen LogP contribution in [-0.2, 0) is 0 Å². The van der Waals surface area contributed by atoms with Crippen LogP contribution in [0.2, 0.25) is 0 Å². The van der Waals surface area contributed by atoms with Crippen LogP contribution >= 0.6 is 12.2 Å². The number of carbonyl (C=O) groups is 1. The molecule has 0 aliphatic rings. The maximum absolute atomic E-state index is 11.0. The van der Waals surface area contributed by atoms with Gasteiger partial charge < -0.3 is 10.1 Å². The molecule has 18 heavy (non-hydrogen) atoms. The lowest BCUT2D eigenvalue weighted by atomic mass is 10.1. The topological polar surface area (TPSA) is 66.0 Å². The highest BCUT2D eigenvalue weighted by atomic mass is 32.1. The average molecular weight is 260 g/mol. The first-order chi connectivity index (χ1) is 8.47. The van der Waals surface area contributed by atoms with Crippen molar-refractivity contribution < 1.29 is 9.90 Å². The van der Waals surface area contributed by atoms with Gasteiger partial charge in [0.25, 0.3) is 0 Å². The second-order valence-electron chi connectivity index (χ2n) is 4.11. The van der Waals surface area contributed by atoms with E-state index >= 15 is 0 Å². The molecule has 1 aromatic carbocycles. The van der Waals surface area contributed by atoms with E-state index < -0.39 is 5.97 Å². The Kier molecular flexibility index (Phi) is 3.25. The molecule has 0 radical (unpaired) electrons. The van der Waals surface area contributed by atoms with Crippen LogP contribution in [0, 0.1) is 18.5 Å². The van der Waals surface area contributed by atoms with Crippen LogP contribution in [-0.4, -0.2) is 21.0 Å². The van der Waals surface area contributed by atoms with Crippen molar-refractivity contribution in [3.8, 4) is 11.4 Å². The summed E-state index contributed by atoms with van der Waals surface area (Å²) in [5, 5.41) is 9.00. The van der Waals surface area contributed by atoms with Gasteiger partial charge in [-0.1, -0.05) is 29.9 Å². The number of nitrogens with one attached hydrogen (secondary N) is 1. The molecule has 1 aromatic heterocycles. The van der Waals surface area contributed by atoms with E-state index in [1.807, 2.05) is 32.0 Å². The molecule has 0 fully saturated rings. The van der Waals surface area contributed by atoms with Crippen LogP contribution in [0.5, 0.6) is 0 Å². The Morgan fingerprint density at radius 1 is 1.33 bits per heavy atom. The fourth-order valence-corrected chi connectivity index (χ4v) is 1.90. The third-order valence-electron chi connectivity index (χ3n) is 2.62. The third-order valence-corrected chi connectivity index (χ3v) is 2.83. The van der Waals surface area contributed by atoms with Crippen molar-refractivity contribution in [3.05, 3.63) is 45.7 Å². The molecule has 0 aliphatic heterocycles. The van der Waals surface area contributed by atoms with Gasteiger partial charge in [0.2, 0.25) is 0 Å². The monoisotopic (exact) mass is 260 g/mol. The summed E-state index contributed by atoms with van der Waals surface area (Å²) in [5.41, 5.74) is 3.01. The fourth-order valence-electron chi connectivity index (χ4n) is 1.69. The molecule has 92 valence electrons. The Hall–Kier alpha value is -2.01. The largest absolute Gasteiger partial charge is 0.477 e. The number of hydrogen-bond donors (Lipinski definition) is 2. The number of carboxylic acid groups (broad SMARTS) is 1. The molecule has 0 saturated carbocycles. The van der Waals surface area contributed by atoms with Crippen molar-refractivity contribution in [2.45, 2.75) is 13.8 Å². The second-order valence-corrected chi connectivity index (χ2v) is 4.52. The Labute approximate surface area is 109 Å². The van der Waals surface area contributed by atoms with Gasteiger partial charge >= 0.3 is 5.97 Å². The van der Waals surface area contributed by atoms with E-state index in [1.54, 1.807) is 0 Å². The zero-order valence-electron chi connectivity index (χ0n) is 10.0. The van der Waals surface area contributed by atoms with E-state index in [-0.39, 0.29) is 10.3 Å². The van der Waals surface area contributed by atoms with E-state index in [2.05, 4.69) is 9.97 Å². The molecule has 4 nitrogen and oxygen atoms in total. The molecule has 0 bridgehead atoms. The lowest BCUT2D eigenvalue weighted by molar-refractivity contribution is 0.0690.